The molecule has 17 aromatic rings. The van der Waals surface area contributed by atoms with E-state index in [0.29, 0.717) is 0 Å². The Hall–Kier alpha value is -14.8. The average Bonchev–Trinajstić information content (AvgIpc) is 1.66. The average molecular weight is 1420 g/mol. The van der Waals surface area contributed by atoms with Crippen LogP contribution in [0.3, 0.4) is 0 Å². The number of hydrogen-bond donors (Lipinski definition) is 5. The normalized spacial score (nSPS) is 11.1. The van der Waals surface area contributed by atoms with Crippen molar-refractivity contribution in [3.05, 3.63) is 307 Å². The number of hydrogen-bond acceptors (Lipinski definition) is 0. The number of aromatic nitrogens is 5. The molecule has 5 N–H and O–H groups in total. The van der Waals surface area contributed by atoms with Gasteiger partial charge in [0.1, 0.15) is 0 Å². The highest BCUT2D eigenvalue weighted by Crippen LogP contribution is 2.34. The summed E-state index contributed by atoms with van der Waals surface area (Å²) in [4.78, 5) is 18.0. The van der Waals surface area contributed by atoms with Gasteiger partial charge in [-0.25, -0.2) is 0 Å². The van der Waals surface area contributed by atoms with Crippen molar-refractivity contribution in [3.63, 3.8) is 0 Å². The molecule has 5 heteroatoms. The Morgan fingerprint density at radius 2 is 0.324 bits per heavy atom. The molecule has 0 bridgehead atoms. The van der Waals surface area contributed by atoms with Crippen molar-refractivity contribution < 1.29 is 0 Å². The van der Waals surface area contributed by atoms with Crippen LogP contribution in [-0.4, -0.2) is 24.9 Å². The monoisotopic (exact) mass is 1420 g/mol. The summed E-state index contributed by atoms with van der Waals surface area (Å²) in [6.07, 6.45) is 0. The smallest absolute Gasteiger partial charge is 0.0465 e. The Balaban J connectivity index is 0.707. The van der Waals surface area contributed by atoms with E-state index in [1.54, 1.807) is 0 Å². The highest BCUT2D eigenvalue weighted by atomic mass is 14.7. The van der Waals surface area contributed by atoms with Gasteiger partial charge in [0.2, 0.25) is 0 Å². The van der Waals surface area contributed by atoms with Gasteiger partial charge >= 0.3 is 0 Å². The van der Waals surface area contributed by atoms with Crippen LogP contribution in [0.4, 0.5) is 0 Å². The third-order valence-electron chi connectivity index (χ3n) is 19.1. The summed E-state index contributed by atoms with van der Waals surface area (Å²) >= 11 is 0. The first-order valence-electron chi connectivity index (χ1n) is 37.5. The lowest BCUT2D eigenvalue weighted by atomic mass is 9.97. The van der Waals surface area contributed by atoms with E-state index in [-0.39, 0.29) is 22.7 Å². The molecule has 0 spiro atoms. The fourth-order valence-corrected chi connectivity index (χ4v) is 13.8. The highest BCUT2D eigenvalue weighted by molar-refractivity contribution is 6.12. The summed E-state index contributed by atoms with van der Waals surface area (Å²) < 4.78 is 0. The molecular weight excluding hydrogens is 1340 g/mol. The second kappa shape index (κ2) is 28.5. The molecule has 0 amide bonds. The first kappa shape index (κ1) is 69.3. The van der Waals surface area contributed by atoms with E-state index in [2.05, 4.69) is 431 Å². The molecule has 0 saturated heterocycles. The van der Waals surface area contributed by atoms with Gasteiger partial charge in [0.15, 0.2) is 0 Å². The van der Waals surface area contributed by atoms with Crippen molar-refractivity contribution in [2.45, 2.75) is 69.2 Å². The molecular formula is C106H73N5. The number of H-pyrrole nitrogens is 5. The summed E-state index contributed by atoms with van der Waals surface area (Å²) in [6.45, 7) is 21.2. The first-order chi connectivity index (χ1) is 53.7. The zero-order valence-electron chi connectivity index (χ0n) is 63.4. The molecule has 5 nitrogen and oxygen atoms in total. The van der Waals surface area contributed by atoms with Crippen molar-refractivity contribution in [3.8, 4) is 118 Å². The zero-order valence-corrected chi connectivity index (χ0v) is 63.4. The molecule has 5 aromatic heterocycles. The molecule has 0 fully saturated rings. The molecule has 0 saturated carbocycles. The molecule has 17 rings (SSSR count). The predicted molar refractivity (Wildman–Crippen MR) is 464 cm³/mol. The van der Waals surface area contributed by atoms with Gasteiger partial charge in [0.25, 0.3) is 0 Å². The topological polar surface area (TPSA) is 78.9 Å². The van der Waals surface area contributed by atoms with Crippen LogP contribution in [0.1, 0.15) is 158 Å². The van der Waals surface area contributed by atoms with Crippen molar-refractivity contribution in [2.75, 3.05) is 0 Å². The zero-order chi connectivity index (χ0) is 76.1. The minimum atomic E-state index is -0.108. The maximum Gasteiger partial charge on any atom is 0.0465 e. The van der Waals surface area contributed by atoms with Crippen LogP contribution in [0, 0.1) is 141 Å². The van der Waals surface area contributed by atoms with Crippen LogP contribution in [0.5, 0.6) is 0 Å². The third-order valence-corrected chi connectivity index (χ3v) is 19.1. The molecule has 0 aliphatic carbocycles. The van der Waals surface area contributed by atoms with Gasteiger partial charge in [-0.05, 0) is 260 Å². The van der Waals surface area contributed by atoms with E-state index in [4.69, 9.17) is 0 Å². The maximum absolute atomic E-state index is 3.65. The number of fused-ring (bicyclic) bond motifs is 15. The van der Waals surface area contributed by atoms with E-state index < -0.39 is 0 Å². The molecule has 522 valence electrons. The van der Waals surface area contributed by atoms with Crippen LogP contribution in [0.2, 0.25) is 0 Å². The SMILES string of the molecule is CC(C)C#Cc1ccc2[nH]c3ccc(C#Cc4cc(C#Cc5ccc6[nH]c7ccc(C#Cc8cc(C#Cc9ccc%10[nH]c%11ccc(C#CC(C)(C)C)cc%11c%10c9)cc(C#Cc9ccc%10[nH]c%11ccc(C#CC(C)(C)C)cc%11c%10c9)c8)cc7c6c5)cc(C#Cc5ccc6[nH]c7ccc(C#CC(C)C)cc7c6c5)c4)cc3c2c1. The van der Waals surface area contributed by atoms with Crippen molar-refractivity contribution >= 4 is 109 Å². The molecule has 0 unspecified atom stereocenters. The van der Waals surface area contributed by atoms with Gasteiger partial charge in [-0.1, -0.05) is 146 Å². The lowest BCUT2D eigenvalue weighted by molar-refractivity contribution is 0.570. The highest BCUT2D eigenvalue weighted by Gasteiger charge is 2.14. The summed E-state index contributed by atoms with van der Waals surface area (Å²) in [5.74, 6) is 69.6. The van der Waals surface area contributed by atoms with Crippen LogP contribution in [0.15, 0.2) is 218 Å². The largest absolute Gasteiger partial charge is 0.355 e. The minimum absolute atomic E-state index is 0.108. The molecule has 5 heterocycles. The molecule has 111 heavy (non-hydrogen) atoms. The lowest BCUT2D eigenvalue weighted by Gasteiger charge is -2.06. The Kier molecular flexibility index (Phi) is 17.8. The number of benzene rings is 12. The third kappa shape index (κ3) is 15.5. The number of aromatic amines is 5. The fraction of sp³-hybridized carbons (Fsp3) is 0.132. The van der Waals surface area contributed by atoms with Gasteiger partial charge in [-0.15, -0.1) is 0 Å². The van der Waals surface area contributed by atoms with Gasteiger partial charge in [-0.2, -0.15) is 0 Å². The van der Waals surface area contributed by atoms with Crippen molar-refractivity contribution in [1.82, 2.24) is 24.9 Å². The van der Waals surface area contributed by atoms with Crippen molar-refractivity contribution in [2.24, 2.45) is 22.7 Å². The van der Waals surface area contributed by atoms with E-state index in [0.717, 1.165) is 198 Å². The van der Waals surface area contributed by atoms with Gasteiger partial charge in [-0.3, -0.25) is 0 Å². The molecule has 0 radical (unpaired) electrons. The summed E-state index contributed by atoms with van der Waals surface area (Å²) in [6, 6.07) is 75.7. The summed E-state index contributed by atoms with van der Waals surface area (Å²) in [5, 5.41) is 10.9. The fourth-order valence-electron chi connectivity index (χ4n) is 13.8. The van der Waals surface area contributed by atoms with E-state index >= 15 is 0 Å². The second-order valence-corrected chi connectivity index (χ2v) is 31.2. The van der Waals surface area contributed by atoms with Gasteiger partial charge in [0, 0.05) is 221 Å². The Morgan fingerprint density at radius 1 is 0.180 bits per heavy atom. The molecule has 0 aliphatic rings. The van der Waals surface area contributed by atoms with Crippen LogP contribution in [0.25, 0.3) is 109 Å². The number of rotatable bonds is 0. The van der Waals surface area contributed by atoms with Crippen molar-refractivity contribution in [1.29, 1.82) is 0 Å². The second-order valence-electron chi connectivity index (χ2n) is 31.2. The van der Waals surface area contributed by atoms with E-state index in [9.17, 15) is 0 Å². The van der Waals surface area contributed by atoms with Gasteiger partial charge < -0.3 is 24.9 Å². The lowest BCUT2D eigenvalue weighted by Crippen LogP contribution is -1.99. The molecule has 0 atom stereocenters. The standard InChI is InChI=1S/C106H73N5/c1-67(2)11-13-69-27-37-95-85(57-69)87-59-71(29-39-97(87)107-95)15-21-79-51-80(22-16-72-30-40-98-88(60-72)86-58-70(14-12-68(3)4)28-38-96(86)108-98)53-81(52-79)23-17-73-31-41-99-89(61-73)90-62-74(32-42-100(90)109-99)18-24-82-54-83(25-19-75-33-43-101-91(63-75)93-65-77(35-45-103(93)110-101)47-49-105(5,6)7)56-84(55-82)26-20-76-34-44-102-92(64-76)94-66-78(36-46-104(94)111-102)48-50-106(8,9)10/h27-46,51-68,107-111H,1-10H3. The van der Waals surface area contributed by atoms with E-state index in [1.165, 1.54) is 0 Å². The van der Waals surface area contributed by atoms with Crippen LogP contribution < -0.4 is 0 Å². The summed E-state index contributed by atoms with van der Waals surface area (Å²) in [5.41, 5.74) is 24.2. The Bertz CT molecular complexity index is 7150. The van der Waals surface area contributed by atoms with Crippen LogP contribution in [-0.2, 0) is 0 Å². The van der Waals surface area contributed by atoms with Crippen LogP contribution >= 0.6 is 0 Å². The molecule has 12 aromatic carbocycles. The summed E-state index contributed by atoms with van der Waals surface area (Å²) in [7, 11) is 0. The minimum Gasteiger partial charge on any atom is -0.355 e. The van der Waals surface area contributed by atoms with E-state index in [1.807, 2.05) is 0 Å². The predicted octanol–water partition coefficient (Wildman–Crippen LogP) is 23.1. The Morgan fingerprint density at radius 3 is 0.477 bits per heavy atom. The maximum atomic E-state index is 3.65. The number of nitrogens with one attached hydrogen (secondary N) is 5. The molecule has 0 aliphatic heterocycles. The Labute approximate surface area is 647 Å². The van der Waals surface area contributed by atoms with Gasteiger partial charge in [0.05, 0.1) is 0 Å². The quantitative estimate of drug-likeness (QED) is 0.0939. The first-order valence-corrected chi connectivity index (χ1v) is 37.5.